The summed E-state index contributed by atoms with van der Waals surface area (Å²) in [5, 5.41) is 0.493. The predicted molar refractivity (Wildman–Crippen MR) is 68.2 cm³/mol. The first-order valence-electron chi connectivity index (χ1n) is 5.24. The molecule has 0 unspecified atom stereocenters. The highest BCUT2D eigenvalue weighted by molar-refractivity contribution is 7.80. The van der Waals surface area contributed by atoms with E-state index in [0.717, 1.165) is 18.4 Å². The molecule has 0 aliphatic carbocycles. The van der Waals surface area contributed by atoms with E-state index in [1.807, 2.05) is 25.1 Å². The van der Waals surface area contributed by atoms with Crippen LogP contribution in [0.5, 0.6) is 0 Å². The zero-order valence-electron chi connectivity index (χ0n) is 9.25. The van der Waals surface area contributed by atoms with Gasteiger partial charge in [0.15, 0.2) is 5.05 Å². The largest absolute Gasteiger partial charge is 0.483 e. The van der Waals surface area contributed by atoms with E-state index in [1.165, 1.54) is 5.56 Å². The molecule has 0 heterocycles. The number of thiocarbonyl (C=S) groups is 1. The molecule has 82 valence electrons. The van der Waals surface area contributed by atoms with Crippen LogP contribution in [0.4, 0.5) is 5.69 Å². The van der Waals surface area contributed by atoms with E-state index in [1.54, 1.807) is 0 Å². The van der Waals surface area contributed by atoms with E-state index in [9.17, 15) is 0 Å². The Balaban J connectivity index is 2.94. The average Bonchev–Trinajstić information content (AvgIpc) is 2.21. The van der Waals surface area contributed by atoms with Crippen molar-refractivity contribution >= 4 is 23.0 Å². The fourth-order valence-electron chi connectivity index (χ4n) is 1.43. The molecule has 0 saturated carbocycles. The van der Waals surface area contributed by atoms with E-state index >= 15 is 0 Å². The van der Waals surface area contributed by atoms with Crippen LogP contribution in [-0.4, -0.2) is 11.7 Å². The standard InChI is InChI=1S/C12H17NOS/c1-3-5-9-6-7-11(13)10(8-9)12(15)14-4-2/h6-8H,3-5,13H2,1-2H3. The maximum Gasteiger partial charge on any atom is 0.193 e. The van der Waals surface area contributed by atoms with Crippen LogP contribution in [0.3, 0.4) is 0 Å². The molecule has 0 aliphatic heterocycles. The lowest BCUT2D eigenvalue weighted by molar-refractivity contribution is 0.338. The first kappa shape index (κ1) is 12.0. The third-order valence-corrected chi connectivity index (χ3v) is 2.49. The zero-order valence-corrected chi connectivity index (χ0v) is 10.1. The molecule has 1 rings (SSSR count). The first-order valence-corrected chi connectivity index (χ1v) is 5.65. The van der Waals surface area contributed by atoms with Gasteiger partial charge in [0.2, 0.25) is 0 Å². The van der Waals surface area contributed by atoms with Gasteiger partial charge in [-0.1, -0.05) is 19.4 Å². The molecule has 0 radical (unpaired) electrons. The van der Waals surface area contributed by atoms with Crippen molar-refractivity contribution in [1.29, 1.82) is 0 Å². The summed E-state index contributed by atoms with van der Waals surface area (Å²) in [5.41, 5.74) is 8.64. The van der Waals surface area contributed by atoms with E-state index < -0.39 is 0 Å². The summed E-state index contributed by atoms with van der Waals surface area (Å²) in [4.78, 5) is 0. The molecular weight excluding hydrogens is 206 g/mol. The molecule has 0 aromatic heterocycles. The monoisotopic (exact) mass is 223 g/mol. The smallest absolute Gasteiger partial charge is 0.193 e. The molecule has 0 bridgehead atoms. The molecule has 15 heavy (non-hydrogen) atoms. The molecule has 3 heteroatoms. The van der Waals surface area contributed by atoms with Crippen LogP contribution in [0.15, 0.2) is 18.2 Å². The van der Waals surface area contributed by atoms with Crippen molar-refractivity contribution in [2.45, 2.75) is 26.7 Å². The molecule has 0 atom stereocenters. The number of hydrogen-bond donors (Lipinski definition) is 1. The third kappa shape index (κ3) is 3.20. The fraction of sp³-hybridized carbons (Fsp3) is 0.417. The first-order chi connectivity index (χ1) is 7.19. The van der Waals surface area contributed by atoms with Crippen molar-refractivity contribution < 1.29 is 4.74 Å². The summed E-state index contributed by atoms with van der Waals surface area (Å²) in [6, 6.07) is 5.96. The van der Waals surface area contributed by atoms with Gasteiger partial charge in [0.25, 0.3) is 0 Å². The molecule has 2 N–H and O–H groups in total. The van der Waals surface area contributed by atoms with Gasteiger partial charge in [0, 0.05) is 5.69 Å². The number of anilines is 1. The van der Waals surface area contributed by atoms with Crippen LogP contribution in [0.2, 0.25) is 0 Å². The minimum atomic E-state index is 0.493. The summed E-state index contributed by atoms with van der Waals surface area (Å²) >= 11 is 5.15. The molecule has 0 spiro atoms. The van der Waals surface area contributed by atoms with E-state index in [4.69, 9.17) is 22.7 Å². The van der Waals surface area contributed by atoms with Gasteiger partial charge in [-0.25, -0.2) is 0 Å². The van der Waals surface area contributed by atoms with Gasteiger partial charge < -0.3 is 10.5 Å². The Morgan fingerprint density at radius 1 is 1.40 bits per heavy atom. The third-order valence-electron chi connectivity index (χ3n) is 2.15. The predicted octanol–water partition coefficient (Wildman–Crippen LogP) is 2.93. The number of rotatable bonds is 4. The normalized spacial score (nSPS) is 10.0. The van der Waals surface area contributed by atoms with E-state index in [-0.39, 0.29) is 0 Å². The summed E-state index contributed by atoms with van der Waals surface area (Å²) in [6.07, 6.45) is 2.16. The van der Waals surface area contributed by atoms with Crippen molar-refractivity contribution in [3.05, 3.63) is 29.3 Å². The highest BCUT2D eigenvalue weighted by atomic mass is 32.1. The molecule has 0 amide bonds. The van der Waals surface area contributed by atoms with Crippen LogP contribution in [0.25, 0.3) is 0 Å². The highest BCUT2D eigenvalue weighted by Crippen LogP contribution is 2.17. The Hall–Kier alpha value is -1.09. The zero-order chi connectivity index (χ0) is 11.3. The number of hydrogen-bond acceptors (Lipinski definition) is 3. The summed E-state index contributed by atoms with van der Waals surface area (Å²) in [6.45, 7) is 4.64. The number of benzene rings is 1. The van der Waals surface area contributed by atoms with Crippen molar-refractivity contribution in [2.24, 2.45) is 0 Å². The quantitative estimate of drug-likeness (QED) is 0.629. The Bertz CT molecular complexity index is 349. The van der Waals surface area contributed by atoms with Crippen molar-refractivity contribution in [1.82, 2.24) is 0 Å². The second-order valence-electron chi connectivity index (χ2n) is 3.39. The van der Waals surface area contributed by atoms with Crippen molar-refractivity contribution in [3.8, 4) is 0 Å². The van der Waals surface area contributed by atoms with Crippen LogP contribution < -0.4 is 5.73 Å². The van der Waals surface area contributed by atoms with Gasteiger partial charge >= 0.3 is 0 Å². The van der Waals surface area contributed by atoms with Gasteiger partial charge in [-0.3, -0.25) is 0 Å². The maximum atomic E-state index is 5.85. The van der Waals surface area contributed by atoms with Crippen LogP contribution in [0.1, 0.15) is 31.4 Å². The van der Waals surface area contributed by atoms with Crippen LogP contribution in [-0.2, 0) is 11.2 Å². The average molecular weight is 223 g/mol. The molecule has 1 aromatic carbocycles. The van der Waals surface area contributed by atoms with Gasteiger partial charge in [-0.15, -0.1) is 0 Å². The molecule has 1 aromatic rings. The van der Waals surface area contributed by atoms with Crippen LogP contribution in [0, 0.1) is 0 Å². The Morgan fingerprint density at radius 3 is 2.73 bits per heavy atom. The van der Waals surface area contributed by atoms with Crippen molar-refractivity contribution in [3.63, 3.8) is 0 Å². The second-order valence-corrected chi connectivity index (χ2v) is 3.76. The Morgan fingerprint density at radius 2 is 2.13 bits per heavy atom. The van der Waals surface area contributed by atoms with Gasteiger partial charge in [-0.05, 0) is 43.3 Å². The molecule has 0 aliphatic rings. The second kappa shape index (κ2) is 5.71. The summed E-state index contributed by atoms with van der Waals surface area (Å²) in [5.74, 6) is 0. The molecule has 0 fully saturated rings. The fourth-order valence-corrected chi connectivity index (χ4v) is 1.73. The summed E-state index contributed by atoms with van der Waals surface area (Å²) in [7, 11) is 0. The highest BCUT2D eigenvalue weighted by Gasteiger charge is 2.07. The Kier molecular flexibility index (Phi) is 4.56. The SMILES string of the molecule is CCCc1ccc(N)c(C(=S)OCC)c1. The topological polar surface area (TPSA) is 35.2 Å². The number of ether oxygens (including phenoxy) is 1. The summed E-state index contributed by atoms with van der Waals surface area (Å²) < 4.78 is 5.29. The number of aryl methyl sites for hydroxylation is 1. The Labute approximate surface area is 96.4 Å². The molecule has 0 saturated heterocycles. The lowest BCUT2D eigenvalue weighted by atomic mass is 10.1. The lowest BCUT2D eigenvalue weighted by Gasteiger charge is -2.09. The number of nitrogens with two attached hydrogens (primary N) is 1. The van der Waals surface area contributed by atoms with Crippen molar-refractivity contribution in [2.75, 3.05) is 12.3 Å². The van der Waals surface area contributed by atoms with Gasteiger partial charge in [0.05, 0.1) is 12.2 Å². The van der Waals surface area contributed by atoms with Gasteiger partial charge in [-0.2, -0.15) is 0 Å². The van der Waals surface area contributed by atoms with Gasteiger partial charge in [0.1, 0.15) is 0 Å². The maximum absolute atomic E-state index is 5.85. The molecule has 2 nitrogen and oxygen atoms in total. The van der Waals surface area contributed by atoms with E-state index in [2.05, 4.69) is 6.92 Å². The minimum Gasteiger partial charge on any atom is -0.483 e. The number of nitrogen functional groups attached to an aromatic ring is 1. The van der Waals surface area contributed by atoms with Crippen LogP contribution >= 0.6 is 12.2 Å². The lowest BCUT2D eigenvalue weighted by Crippen LogP contribution is -2.07. The van der Waals surface area contributed by atoms with E-state index in [0.29, 0.717) is 17.3 Å². The minimum absolute atomic E-state index is 0.493. The molecular formula is C12H17NOS.